The molecule has 0 bridgehead atoms. The number of carbonyl (C=O) groups excluding carboxylic acids is 1. The van der Waals surface area contributed by atoms with Crippen LogP contribution in [0.25, 0.3) is 16.5 Å². The molecular weight excluding hydrogens is 476 g/mol. The second kappa shape index (κ2) is 9.33. The summed E-state index contributed by atoms with van der Waals surface area (Å²) < 4.78 is 27.0. The van der Waals surface area contributed by atoms with E-state index in [4.69, 9.17) is 0 Å². The molecular formula is C22H22N6O4S2. The molecule has 0 saturated heterocycles. The molecule has 0 saturated carbocycles. The summed E-state index contributed by atoms with van der Waals surface area (Å²) in [6, 6.07) is 12.5. The Hall–Kier alpha value is -3.61. The van der Waals surface area contributed by atoms with E-state index in [0.29, 0.717) is 23.6 Å². The molecule has 4 aromatic rings. The number of hydrogen-bond acceptors (Lipinski definition) is 7. The molecule has 10 nitrogen and oxygen atoms in total. The molecule has 0 unspecified atom stereocenters. The highest BCUT2D eigenvalue weighted by atomic mass is 32.2. The number of benzene rings is 1. The highest BCUT2D eigenvalue weighted by molar-refractivity contribution is 7.89. The van der Waals surface area contributed by atoms with Gasteiger partial charge >= 0.3 is 0 Å². The van der Waals surface area contributed by atoms with Crippen molar-refractivity contribution in [2.45, 2.75) is 18.2 Å². The van der Waals surface area contributed by atoms with Crippen molar-refractivity contribution in [3.05, 3.63) is 75.5 Å². The van der Waals surface area contributed by atoms with Crippen LogP contribution in [0, 0.1) is 0 Å². The zero-order chi connectivity index (χ0) is 24.5. The van der Waals surface area contributed by atoms with Gasteiger partial charge in [0.05, 0.1) is 9.77 Å². The molecule has 0 spiro atoms. The Bertz CT molecular complexity index is 1490. The minimum absolute atomic E-state index is 0.0808. The van der Waals surface area contributed by atoms with Crippen molar-refractivity contribution in [1.29, 1.82) is 0 Å². The maximum atomic E-state index is 13.0. The predicted octanol–water partition coefficient (Wildman–Crippen LogP) is 2.75. The number of aryl methyl sites for hydroxylation is 1. The fourth-order valence-electron chi connectivity index (χ4n) is 3.13. The first-order chi connectivity index (χ1) is 16.2. The SMILES string of the molecule is CCc1cc(=O)[nH]c(-n2nc(-c3cccs3)cc2NC(=O)c2ccc(S(=O)(=O)N(C)C)cc2)n1. The minimum atomic E-state index is -3.61. The molecule has 4 rings (SSSR count). The highest BCUT2D eigenvalue weighted by Crippen LogP contribution is 2.27. The third-order valence-electron chi connectivity index (χ3n) is 4.96. The molecule has 3 heterocycles. The normalized spacial score (nSPS) is 11.6. The number of aromatic nitrogens is 4. The number of H-pyrrole nitrogens is 1. The third kappa shape index (κ3) is 4.69. The largest absolute Gasteiger partial charge is 0.306 e. The lowest BCUT2D eigenvalue weighted by Crippen LogP contribution is -2.22. The molecule has 12 heteroatoms. The number of nitrogens with zero attached hydrogens (tertiary/aromatic N) is 4. The average molecular weight is 499 g/mol. The van der Waals surface area contributed by atoms with E-state index in [-0.39, 0.29) is 22.0 Å². The lowest BCUT2D eigenvalue weighted by molar-refractivity contribution is 0.102. The fraction of sp³-hybridized carbons (Fsp3) is 0.182. The van der Waals surface area contributed by atoms with E-state index in [9.17, 15) is 18.0 Å². The Balaban J connectivity index is 1.71. The van der Waals surface area contributed by atoms with E-state index in [1.807, 2.05) is 24.4 Å². The molecule has 0 fully saturated rings. The van der Waals surface area contributed by atoms with Gasteiger partial charge in [0.2, 0.25) is 16.0 Å². The number of anilines is 1. The average Bonchev–Trinajstić information content (AvgIpc) is 3.49. The number of rotatable bonds is 7. The summed E-state index contributed by atoms with van der Waals surface area (Å²) in [5.41, 5.74) is 1.11. The zero-order valence-corrected chi connectivity index (χ0v) is 20.3. The minimum Gasteiger partial charge on any atom is -0.306 e. The van der Waals surface area contributed by atoms with Gasteiger partial charge in [-0.15, -0.1) is 11.3 Å². The van der Waals surface area contributed by atoms with E-state index >= 15 is 0 Å². The second-order valence-corrected chi connectivity index (χ2v) is 10.6. The Morgan fingerprint density at radius 2 is 1.91 bits per heavy atom. The van der Waals surface area contributed by atoms with Crippen molar-refractivity contribution in [1.82, 2.24) is 24.1 Å². The molecule has 176 valence electrons. The van der Waals surface area contributed by atoms with Crippen LogP contribution in [0.5, 0.6) is 0 Å². The van der Waals surface area contributed by atoms with Gasteiger partial charge in [0.15, 0.2) is 0 Å². The van der Waals surface area contributed by atoms with Crippen LogP contribution in [0.4, 0.5) is 5.82 Å². The van der Waals surface area contributed by atoms with Crippen LogP contribution in [0.3, 0.4) is 0 Å². The van der Waals surface area contributed by atoms with Gasteiger partial charge in [-0.3, -0.25) is 14.6 Å². The summed E-state index contributed by atoms with van der Waals surface area (Å²) in [4.78, 5) is 33.2. The van der Waals surface area contributed by atoms with E-state index in [1.54, 1.807) is 6.07 Å². The number of thiophene rings is 1. The van der Waals surface area contributed by atoms with Gasteiger partial charge in [0.25, 0.3) is 11.5 Å². The standard InChI is InChI=1S/C22H22N6O4S2/c1-4-15-12-20(29)25-22(23-15)28-19(13-17(26-28)18-6-5-11-33-18)24-21(30)14-7-9-16(10-8-14)34(31,32)27(2)3/h5-13H,4H2,1-3H3,(H,24,30)(H,23,25,29). The summed E-state index contributed by atoms with van der Waals surface area (Å²) >= 11 is 1.48. The predicted molar refractivity (Wildman–Crippen MR) is 130 cm³/mol. The first kappa shape index (κ1) is 23.5. The summed E-state index contributed by atoms with van der Waals surface area (Å²) in [6.07, 6.45) is 0.555. The van der Waals surface area contributed by atoms with Gasteiger partial charge in [-0.05, 0) is 42.1 Å². The van der Waals surface area contributed by atoms with E-state index in [0.717, 1.165) is 9.18 Å². The quantitative estimate of drug-likeness (QED) is 0.403. The first-order valence-electron chi connectivity index (χ1n) is 10.3. The Kier molecular flexibility index (Phi) is 6.46. The van der Waals surface area contributed by atoms with Crippen LogP contribution < -0.4 is 10.9 Å². The molecule has 1 aromatic carbocycles. The van der Waals surface area contributed by atoms with Crippen molar-refractivity contribution in [3.63, 3.8) is 0 Å². The second-order valence-electron chi connectivity index (χ2n) is 7.48. The van der Waals surface area contributed by atoms with Crippen LogP contribution in [0.2, 0.25) is 0 Å². The number of aromatic amines is 1. The summed E-state index contributed by atoms with van der Waals surface area (Å²) in [6.45, 7) is 1.88. The number of sulfonamides is 1. The molecule has 3 aromatic heterocycles. The topological polar surface area (TPSA) is 130 Å². The molecule has 0 aliphatic rings. The van der Waals surface area contributed by atoms with E-state index in [2.05, 4.69) is 20.4 Å². The number of nitrogens with one attached hydrogen (secondary N) is 2. The number of carbonyl (C=O) groups is 1. The molecule has 1 amide bonds. The van der Waals surface area contributed by atoms with Crippen molar-refractivity contribution in [2.75, 3.05) is 19.4 Å². The highest BCUT2D eigenvalue weighted by Gasteiger charge is 2.20. The summed E-state index contributed by atoms with van der Waals surface area (Å²) in [5.74, 6) is 0.00588. The fourth-order valence-corrected chi connectivity index (χ4v) is 4.71. The lowest BCUT2D eigenvalue weighted by atomic mass is 10.2. The van der Waals surface area contributed by atoms with Crippen molar-refractivity contribution >= 4 is 33.1 Å². The molecule has 34 heavy (non-hydrogen) atoms. The first-order valence-corrected chi connectivity index (χ1v) is 12.6. The van der Waals surface area contributed by atoms with Crippen LogP contribution in [-0.4, -0.2) is 52.5 Å². The van der Waals surface area contributed by atoms with E-state index < -0.39 is 15.9 Å². The van der Waals surface area contributed by atoms with Crippen LogP contribution in [0.1, 0.15) is 23.0 Å². The Labute approximate surface area is 200 Å². The molecule has 0 aliphatic carbocycles. The number of amides is 1. The van der Waals surface area contributed by atoms with Gasteiger partial charge in [-0.1, -0.05) is 13.0 Å². The monoisotopic (exact) mass is 498 g/mol. The molecule has 0 atom stereocenters. The number of hydrogen-bond donors (Lipinski definition) is 2. The maximum absolute atomic E-state index is 13.0. The van der Waals surface area contributed by atoms with Crippen molar-refractivity contribution in [3.8, 4) is 16.5 Å². The van der Waals surface area contributed by atoms with E-state index in [1.165, 1.54) is 60.4 Å². The maximum Gasteiger partial charge on any atom is 0.256 e. The Morgan fingerprint density at radius 3 is 2.53 bits per heavy atom. The van der Waals surface area contributed by atoms with Gasteiger partial charge in [0, 0.05) is 37.5 Å². The molecule has 0 aliphatic heterocycles. The summed E-state index contributed by atoms with van der Waals surface area (Å²) in [7, 11) is -0.729. The van der Waals surface area contributed by atoms with Crippen LogP contribution >= 0.6 is 11.3 Å². The van der Waals surface area contributed by atoms with Crippen molar-refractivity contribution in [2.24, 2.45) is 0 Å². The smallest absolute Gasteiger partial charge is 0.256 e. The lowest BCUT2D eigenvalue weighted by Gasteiger charge is -2.12. The van der Waals surface area contributed by atoms with Gasteiger partial charge in [-0.2, -0.15) is 9.78 Å². The zero-order valence-electron chi connectivity index (χ0n) is 18.6. The van der Waals surface area contributed by atoms with Gasteiger partial charge in [-0.25, -0.2) is 17.7 Å². The van der Waals surface area contributed by atoms with Crippen LogP contribution in [-0.2, 0) is 16.4 Å². The Morgan fingerprint density at radius 1 is 1.18 bits per heavy atom. The van der Waals surface area contributed by atoms with Crippen molar-refractivity contribution < 1.29 is 13.2 Å². The van der Waals surface area contributed by atoms with Gasteiger partial charge in [0.1, 0.15) is 11.5 Å². The molecule has 0 radical (unpaired) electrons. The third-order valence-corrected chi connectivity index (χ3v) is 7.69. The summed E-state index contributed by atoms with van der Waals surface area (Å²) in [5, 5.41) is 9.25. The van der Waals surface area contributed by atoms with Gasteiger partial charge < -0.3 is 5.32 Å². The van der Waals surface area contributed by atoms with Crippen LogP contribution in [0.15, 0.2) is 63.6 Å². The molecule has 2 N–H and O–H groups in total.